The molecule has 2 rings (SSSR count). The molecular formula is C10H7FN2O2. The van der Waals surface area contributed by atoms with Crippen molar-refractivity contribution in [2.45, 2.75) is 6.42 Å². The lowest BCUT2D eigenvalue weighted by Gasteiger charge is -1.95. The first-order chi connectivity index (χ1) is 7.28. The van der Waals surface area contributed by atoms with E-state index in [9.17, 15) is 9.18 Å². The van der Waals surface area contributed by atoms with Crippen molar-refractivity contribution >= 4 is 6.29 Å². The lowest BCUT2D eigenvalue weighted by Crippen LogP contribution is -1.89. The van der Waals surface area contributed by atoms with Crippen LogP contribution in [0.5, 0.6) is 0 Å². The van der Waals surface area contributed by atoms with Gasteiger partial charge in [0.1, 0.15) is 5.82 Å². The van der Waals surface area contributed by atoms with E-state index in [4.69, 9.17) is 4.52 Å². The van der Waals surface area contributed by atoms with Crippen molar-refractivity contribution in [2.24, 2.45) is 0 Å². The molecule has 0 aliphatic rings. The first kappa shape index (κ1) is 9.51. The van der Waals surface area contributed by atoms with E-state index >= 15 is 0 Å². The normalized spacial score (nSPS) is 10.2. The monoisotopic (exact) mass is 206 g/mol. The van der Waals surface area contributed by atoms with Gasteiger partial charge < -0.3 is 4.52 Å². The average Bonchev–Trinajstić information content (AvgIpc) is 2.69. The Morgan fingerprint density at radius 1 is 1.33 bits per heavy atom. The molecule has 0 saturated carbocycles. The zero-order chi connectivity index (χ0) is 10.7. The van der Waals surface area contributed by atoms with Crippen molar-refractivity contribution in [1.29, 1.82) is 0 Å². The van der Waals surface area contributed by atoms with Gasteiger partial charge in [0.2, 0.25) is 11.7 Å². The largest absolute Gasteiger partial charge is 0.339 e. The SMILES string of the molecule is O=Cc1noc(Cc2ccc(F)cc2)n1. The Hall–Kier alpha value is -2.04. The fraction of sp³-hybridized carbons (Fsp3) is 0.100. The molecule has 1 aromatic carbocycles. The van der Waals surface area contributed by atoms with Crippen molar-refractivity contribution < 1.29 is 13.7 Å². The molecule has 0 aliphatic carbocycles. The van der Waals surface area contributed by atoms with E-state index in [-0.39, 0.29) is 11.6 Å². The molecule has 76 valence electrons. The highest BCUT2D eigenvalue weighted by molar-refractivity contribution is 5.68. The van der Waals surface area contributed by atoms with E-state index in [1.54, 1.807) is 12.1 Å². The Bertz CT molecular complexity index is 465. The van der Waals surface area contributed by atoms with Gasteiger partial charge in [0, 0.05) is 0 Å². The summed E-state index contributed by atoms with van der Waals surface area (Å²) in [5.74, 6) is 0.0636. The second-order valence-corrected chi connectivity index (χ2v) is 2.97. The van der Waals surface area contributed by atoms with Crippen molar-refractivity contribution in [3.63, 3.8) is 0 Å². The molecule has 5 heteroatoms. The topological polar surface area (TPSA) is 56.0 Å². The quantitative estimate of drug-likeness (QED) is 0.716. The van der Waals surface area contributed by atoms with Gasteiger partial charge in [-0.25, -0.2) is 4.39 Å². The first-order valence-corrected chi connectivity index (χ1v) is 4.30. The molecule has 2 aromatic rings. The van der Waals surface area contributed by atoms with Crippen molar-refractivity contribution in [1.82, 2.24) is 10.1 Å². The molecule has 0 aliphatic heterocycles. The van der Waals surface area contributed by atoms with Gasteiger partial charge >= 0.3 is 0 Å². The van der Waals surface area contributed by atoms with Gasteiger partial charge in [-0.15, -0.1) is 0 Å². The van der Waals surface area contributed by atoms with Crippen molar-refractivity contribution in [2.75, 3.05) is 0 Å². The maximum Gasteiger partial charge on any atom is 0.235 e. The number of nitrogens with zero attached hydrogens (tertiary/aromatic N) is 2. The van der Waals surface area contributed by atoms with Crippen LogP contribution in [0.25, 0.3) is 0 Å². The number of hydrogen-bond acceptors (Lipinski definition) is 4. The molecule has 0 bridgehead atoms. The molecule has 0 amide bonds. The van der Waals surface area contributed by atoms with Crippen molar-refractivity contribution in [3.05, 3.63) is 47.4 Å². The summed E-state index contributed by atoms with van der Waals surface area (Å²) in [4.78, 5) is 14.1. The number of carbonyl (C=O) groups excluding carboxylic acids is 1. The molecule has 1 aromatic heterocycles. The number of aldehydes is 1. The summed E-state index contributed by atoms with van der Waals surface area (Å²) in [6.07, 6.45) is 0.902. The van der Waals surface area contributed by atoms with Crippen LogP contribution in [0, 0.1) is 5.82 Å². The molecule has 0 atom stereocenters. The minimum absolute atomic E-state index is 0.0205. The summed E-state index contributed by atoms with van der Waals surface area (Å²) >= 11 is 0. The molecular weight excluding hydrogens is 199 g/mol. The van der Waals surface area contributed by atoms with Gasteiger partial charge in [0.15, 0.2) is 6.29 Å². The van der Waals surface area contributed by atoms with Crippen LogP contribution in [-0.2, 0) is 6.42 Å². The van der Waals surface area contributed by atoms with Crippen LogP contribution in [0.2, 0.25) is 0 Å². The predicted molar refractivity (Wildman–Crippen MR) is 48.9 cm³/mol. The molecule has 0 fully saturated rings. The summed E-state index contributed by atoms with van der Waals surface area (Å²) in [7, 11) is 0. The van der Waals surface area contributed by atoms with Gasteiger partial charge in [-0.3, -0.25) is 4.79 Å². The van der Waals surface area contributed by atoms with E-state index in [1.165, 1.54) is 12.1 Å². The summed E-state index contributed by atoms with van der Waals surface area (Å²) in [5.41, 5.74) is 0.845. The highest BCUT2D eigenvalue weighted by Gasteiger charge is 2.05. The van der Waals surface area contributed by atoms with E-state index in [1.807, 2.05) is 0 Å². The molecule has 0 N–H and O–H groups in total. The molecule has 0 radical (unpaired) electrons. The molecule has 0 spiro atoms. The summed E-state index contributed by atoms with van der Waals surface area (Å²) in [6.45, 7) is 0. The third kappa shape index (κ3) is 2.25. The maximum atomic E-state index is 12.6. The van der Waals surface area contributed by atoms with Gasteiger partial charge in [0.05, 0.1) is 6.42 Å². The Morgan fingerprint density at radius 2 is 2.07 bits per heavy atom. The van der Waals surface area contributed by atoms with E-state index in [0.29, 0.717) is 18.6 Å². The average molecular weight is 206 g/mol. The number of rotatable bonds is 3. The van der Waals surface area contributed by atoms with Crippen molar-refractivity contribution in [3.8, 4) is 0 Å². The zero-order valence-electron chi connectivity index (χ0n) is 7.68. The Labute approximate surface area is 84.7 Å². The smallest absolute Gasteiger partial charge is 0.235 e. The minimum atomic E-state index is -0.294. The predicted octanol–water partition coefficient (Wildman–Crippen LogP) is 1.61. The summed E-state index contributed by atoms with van der Waals surface area (Å²) in [6, 6.07) is 5.96. The molecule has 1 heterocycles. The lowest BCUT2D eigenvalue weighted by atomic mass is 10.1. The number of aromatic nitrogens is 2. The third-order valence-corrected chi connectivity index (χ3v) is 1.86. The van der Waals surface area contributed by atoms with E-state index < -0.39 is 0 Å². The fourth-order valence-corrected chi connectivity index (χ4v) is 1.16. The maximum absolute atomic E-state index is 12.6. The van der Waals surface area contributed by atoms with Crippen LogP contribution < -0.4 is 0 Å². The Morgan fingerprint density at radius 3 is 2.67 bits per heavy atom. The summed E-state index contributed by atoms with van der Waals surface area (Å²) < 4.78 is 17.4. The standard InChI is InChI=1S/C10H7FN2O2/c11-8-3-1-7(2-4-8)5-10-12-9(6-14)13-15-10/h1-4,6H,5H2. The van der Waals surface area contributed by atoms with Crippen LogP contribution in [0.1, 0.15) is 22.1 Å². The Balaban J connectivity index is 2.14. The lowest BCUT2D eigenvalue weighted by molar-refractivity contribution is 0.111. The summed E-state index contributed by atoms with van der Waals surface area (Å²) in [5, 5.41) is 3.42. The second-order valence-electron chi connectivity index (χ2n) is 2.97. The first-order valence-electron chi connectivity index (χ1n) is 4.30. The molecule has 4 nitrogen and oxygen atoms in total. The van der Waals surface area contributed by atoms with Gasteiger partial charge in [-0.05, 0) is 17.7 Å². The fourth-order valence-electron chi connectivity index (χ4n) is 1.16. The highest BCUT2D eigenvalue weighted by atomic mass is 19.1. The molecule has 0 unspecified atom stereocenters. The second kappa shape index (κ2) is 4.00. The van der Waals surface area contributed by atoms with E-state index in [2.05, 4.69) is 10.1 Å². The highest BCUT2D eigenvalue weighted by Crippen LogP contribution is 2.08. The number of hydrogen-bond donors (Lipinski definition) is 0. The number of halogens is 1. The molecule has 15 heavy (non-hydrogen) atoms. The van der Waals surface area contributed by atoms with Crippen LogP contribution >= 0.6 is 0 Å². The number of benzene rings is 1. The van der Waals surface area contributed by atoms with Gasteiger partial charge in [-0.2, -0.15) is 4.98 Å². The number of carbonyl (C=O) groups is 1. The molecule has 0 saturated heterocycles. The van der Waals surface area contributed by atoms with E-state index in [0.717, 1.165) is 5.56 Å². The van der Waals surface area contributed by atoms with Crippen LogP contribution in [0.15, 0.2) is 28.8 Å². The Kier molecular flexibility index (Phi) is 2.53. The van der Waals surface area contributed by atoms with Gasteiger partial charge in [-0.1, -0.05) is 17.3 Å². The van der Waals surface area contributed by atoms with Crippen LogP contribution in [0.3, 0.4) is 0 Å². The zero-order valence-corrected chi connectivity index (χ0v) is 7.68. The van der Waals surface area contributed by atoms with Crippen LogP contribution in [0.4, 0.5) is 4.39 Å². The van der Waals surface area contributed by atoms with Gasteiger partial charge in [0.25, 0.3) is 0 Å². The third-order valence-electron chi connectivity index (χ3n) is 1.86. The van der Waals surface area contributed by atoms with Crippen LogP contribution in [-0.4, -0.2) is 16.4 Å². The minimum Gasteiger partial charge on any atom is -0.339 e.